The second-order valence-electron chi connectivity index (χ2n) is 5.24. The highest BCUT2D eigenvalue weighted by Gasteiger charge is 2.27. The van der Waals surface area contributed by atoms with Gasteiger partial charge in [0.25, 0.3) is 5.91 Å². The third-order valence-electron chi connectivity index (χ3n) is 3.96. The number of carbonyl (C=O) groups excluding carboxylic acids is 1. The molecule has 3 aromatic rings. The molecule has 0 radical (unpaired) electrons. The van der Waals surface area contributed by atoms with E-state index in [1.165, 1.54) is 6.26 Å². The first-order valence-corrected chi connectivity index (χ1v) is 6.90. The van der Waals surface area contributed by atoms with Crippen molar-refractivity contribution in [3.05, 3.63) is 59.9 Å². The molecule has 4 nitrogen and oxygen atoms in total. The summed E-state index contributed by atoms with van der Waals surface area (Å²) >= 11 is 0. The number of nitrogens with two attached hydrogens (primary N) is 1. The van der Waals surface area contributed by atoms with Gasteiger partial charge >= 0.3 is 0 Å². The van der Waals surface area contributed by atoms with Crippen LogP contribution in [0, 0.1) is 0 Å². The highest BCUT2D eigenvalue weighted by atomic mass is 16.3. The van der Waals surface area contributed by atoms with Crippen molar-refractivity contribution in [1.82, 2.24) is 0 Å². The van der Waals surface area contributed by atoms with Gasteiger partial charge in [-0.3, -0.25) is 4.79 Å². The lowest BCUT2D eigenvalue weighted by Gasteiger charge is -2.17. The van der Waals surface area contributed by atoms with Crippen molar-refractivity contribution < 1.29 is 9.21 Å². The van der Waals surface area contributed by atoms with Gasteiger partial charge in [0.05, 0.1) is 5.56 Å². The van der Waals surface area contributed by atoms with Crippen LogP contribution in [0.15, 0.2) is 53.1 Å². The first-order chi connectivity index (χ1) is 10.2. The van der Waals surface area contributed by atoms with Gasteiger partial charge in [-0.2, -0.15) is 0 Å². The van der Waals surface area contributed by atoms with E-state index in [0.29, 0.717) is 17.8 Å². The van der Waals surface area contributed by atoms with Crippen molar-refractivity contribution in [3.63, 3.8) is 0 Å². The lowest BCUT2D eigenvalue weighted by atomic mass is 10.1. The number of rotatable bonds is 1. The smallest absolute Gasteiger partial charge is 0.262 e. The molecule has 104 valence electrons. The molecule has 0 bridgehead atoms. The number of nitrogen functional groups attached to an aromatic ring is 1. The molecule has 0 saturated heterocycles. The van der Waals surface area contributed by atoms with E-state index in [0.717, 1.165) is 28.6 Å². The maximum absolute atomic E-state index is 12.8. The van der Waals surface area contributed by atoms with E-state index in [-0.39, 0.29) is 5.91 Å². The number of para-hydroxylation sites is 1. The predicted molar refractivity (Wildman–Crippen MR) is 82.4 cm³/mol. The Kier molecular flexibility index (Phi) is 2.51. The maximum Gasteiger partial charge on any atom is 0.262 e. The summed E-state index contributed by atoms with van der Waals surface area (Å²) in [6, 6.07) is 13.3. The van der Waals surface area contributed by atoms with Crippen LogP contribution in [-0.4, -0.2) is 12.5 Å². The third-order valence-corrected chi connectivity index (χ3v) is 3.96. The van der Waals surface area contributed by atoms with E-state index in [9.17, 15) is 4.79 Å². The molecule has 4 heteroatoms. The average molecular weight is 278 g/mol. The standard InChI is InChI=1S/C17H14N2O2/c18-12-6-5-11-7-8-19(15(11)9-12)17(20)14-10-21-16-4-2-1-3-13(14)16/h1-6,9-10H,7-8,18H2. The SMILES string of the molecule is Nc1ccc2c(c1)N(C(=O)c1coc3ccccc13)CC2. The number of benzene rings is 2. The molecule has 0 atom stereocenters. The summed E-state index contributed by atoms with van der Waals surface area (Å²) < 4.78 is 5.47. The second kappa shape index (κ2) is 4.38. The zero-order valence-electron chi connectivity index (χ0n) is 11.4. The molecule has 1 aliphatic heterocycles. The van der Waals surface area contributed by atoms with Gasteiger partial charge in [0, 0.05) is 23.3 Å². The third kappa shape index (κ3) is 1.80. The Balaban J connectivity index is 1.79. The van der Waals surface area contributed by atoms with Gasteiger partial charge in [-0.25, -0.2) is 0 Å². The van der Waals surface area contributed by atoms with Crippen molar-refractivity contribution in [2.45, 2.75) is 6.42 Å². The van der Waals surface area contributed by atoms with Crippen LogP contribution in [0.5, 0.6) is 0 Å². The Morgan fingerprint density at radius 3 is 2.95 bits per heavy atom. The molecule has 4 rings (SSSR count). The van der Waals surface area contributed by atoms with Crippen molar-refractivity contribution in [2.24, 2.45) is 0 Å². The Hall–Kier alpha value is -2.75. The van der Waals surface area contributed by atoms with E-state index in [2.05, 4.69) is 0 Å². The predicted octanol–water partition coefficient (Wildman–Crippen LogP) is 3.22. The zero-order valence-corrected chi connectivity index (χ0v) is 11.4. The number of anilines is 2. The number of fused-ring (bicyclic) bond motifs is 2. The molecule has 0 aliphatic carbocycles. The van der Waals surface area contributed by atoms with E-state index >= 15 is 0 Å². The normalized spacial score (nSPS) is 13.6. The average Bonchev–Trinajstić information content (AvgIpc) is 3.10. The minimum absolute atomic E-state index is 0.0377. The summed E-state index contributed by atoms with van der Waals surface area (Å²) in [5, 5.41) is 0.847. The van der Waals surface area contributed by atoms with E-state index < -0.39 is 0 Å². The molecular weight excluding hydrogens is 264 g/mol. The molecule has 2 N–H and O–H groups in total. The number of hydrogen-bond acceptors (Lipinski definition) is 3. The highest BCUT2D eigenvalue weighted by Crippen LogP contribution is 2.32. The first-order valence-electron chi connectivity index (χ1n) is 6.90. The number of hydrogen-bond donors (Lipinski definition) is 1. The van der Waals surface area contributed by atoms with Gasteiger partial charge in [0.1, 0.15) is 11.8 Å². The van der Waals surface area contributed by atoms with Crippen molar-refractivity contribution in [3.8, 4) is 0 Å². The zero-order chi connectivity index (χ0) is 14.4. The number of amides is 1. The number of carbonyl (C=O) groups is 1. The topological polar surface area (TPSA) is 59.5 Å². The Morgan fingerprint density at radius 2 is 2.05 bits per heavy atom. The molecular formula is C17H14N2O2. The van der Waals surface area contributed by atoms with Gasteiger partial charge in [-0.1, -0.05) is 24.3 Å². The summed E-state index contributed by atoms with van der Waals surface area (Å²) in [4.78, 5) is 14.6. The highest BCUT2D eigenvalue weighted by molar-refractivity contribution is 6.14. The number of nitrogens with zero attached hydrogens (tertiary/aromatic N) is 1. The van der Waals surface area contributed by atoms with Crippen LogP contribution in [0.4, 0.5) is 11.4 Å². The molecule has 2 aromatic carbocycles. The fourth-order valence-electron chi connectivity index (χ4n) is 2.90. The lowest BCUT2D eigenvalue weighted by molar-refractivity contribution is 0.0990. The monoisotopic (exact) mass is 278 g/mol. The van der Waals surface area contributed by atoms with Crippen LogP contribution in [-0.2, 0) is 6.42 Å². The summed E-state index contributed by atoms with van der Waals surface area (Å²) in [7, 11) is 0. The van der Waals surface area contributed by atoms with Crippen molar-refractivity contribution in [1.29, 1.82) is 0 Å². The summed E-state index contributed by atoms with van der Waals surface area (Å²) in [5.74, 6) is -0.0377. The molecule has 0 spiro atoms. The maximum atomic E-state index is 12.8. The van der Waals surface area contributed by atoms with Crippen LogP contribution in [0.2, 0.25) is 0 Å². The largest absolute Gasteiger partial charge is 0.463 e. The molecule has 2 heterocycles. The second-order valence-corrected chi connectivity index (χ2v) is 5.24. The Morgan fingerprint density at radius 1 is 1.19 bits per heavy atom. The number of furan rings is 1. The van der Waals surface area contributed by atoms with Crippen LogP contribution in [0.3, 0.4) is 0 Å². The minimum Gasteiger partial charge on any atom is -0.463 e. The van der Waals surface area contributed by atoms with Crippen molar-refractivity contribution >= 4 is 28.3 Å². The van der Waals surface area contributed by atoms with E-state index in [1.54, 1.807) is 4.90 Å². The van der Waals surface area contributed by atoms with Crippen LogP contribution in [0.25, 0.3) is 11.0 Å². The van der Waals surface area contributed by atoms with E-state index in [4.69, 9.17) is 10.2 Å². The molecule has 1 aromatic heterocycles. The molecule has 21 heavy (non-hydrogen) atoms. The fraction of sp³-hybridized carbons (Fsp3) is 0.118. The van der Waals surface area contributed by atoms with Crippen LogP contribution < -0.4 is 10.6 Å². The molecule has 0 unspecified atom stereocenters. The lowest BCUT2D eigenvalue weighted by Crippen LogP contribution is -2.28. The molecule has 0 fully saturated rings. The quantitative estimate of drug-likeness (QED) is 0.695. The minimum atomic E-state index is -0.0377. The van der Waals surface area contributed by atoms with Gasteiger partial charge in [-0.15, -0.1) is 0 Å². The molecule has 1 amide bonds. The Bertz CT molecular complexity index is 851. The molecule has 0 saturated carbocycles. The first kappa shape index (κ1) is 12.0. The summed E-state index contributed by atoms with van der Waals surface area (Å²) in [5.41, 5.74) is 9.91. The van der Waals surface area contributed by atoms with Gasteiger partial charge < -0.3 is 15.1 Å². The van der Waals surface area contributed by atoms with Gasteiger partial charge in [0.2, 0.25) is 0 Å². The Labute approximate surface area is 121 Å². The summed E-state index contributed by atoms with van der Waals surface area (Å²) in [6.07, 6.45) is 2.40. The van der Waals surface area contributed by atoms with Gasteiger partial charge in [-0.05, 0) is 30.2 Å². The van der Waals surface area contributed by atoms with Crippen molar-refractivity contribution in [2.75, 3.05) is 17.2 Å². The van der Waals surface area contributed by atoms with Gasteiger partial charge in [0.15, 0.2) is 0 Å². The molecule has 1 aliphatic rings. The van der Waals surface area contributed by atoms with Crippen LogP contribution >= 0.6 is 0 Å². The van der Waals surface area contributed by atoms with Crippen LogP contribution in [0.1, 0.15) is 15.9 Å². The van der Waals surface area contributed by atoms with E-state index in [1.807, 2.05) is 42.5 Å². The summed E-state index contributed by atoms with van der Waals surface area (Å²) in [6.45, 7) is 0.678. The fourth-order valence-corrected chi connectivity index (χ4v) is 2.90.